The number of rotatable bonds is 10. The topological polar surface area (TPSA) is 157 Å². The lowest BCUT2D eigenvalue weighted by molar-refractivity contribution is -0.928. The number of quaternary nitrogens is 1. The van der Waals surface area contributed by atoms with Crippen LogP contribution in [0, 0.1) is 0 Å². The van der Waals surface area contributed by atoms with Gasteiger partial charge < -0.3 is 34.3 Å². The first-order valence-electron chi connectivity index (χ1n) is 17.4. The SMILES string of the molecule is C[N+]1(Cc2ccc3c(c2)OCO3)CCC[C@H](N(C(=O)Nc2ccc(OS(=O)(=O)c3ccc4ccccc4c3)cc2)C(=O)[C@@H](N)Cc2ccc(O)cc2)C1. The van der Waals surface area contributed by atoms with Crippen LogP contribution in [0.1, 0.15) is 24.0 Å². The fourth-order valence-electron chi connectivity index (χ4n) is 7.11. The second kappa shape index (κ2) is 14.8. The number of carbonyl (C=O) groups excluding carboxylic acids is 2. The molecule has 2 aliphatic rings. The fourth-order valence-corrected chi connectivity index (χ4v) is 8.07. The number of imide groups is 1. The summed E-state index contributed by atoms with van der Waals surface area (Å²) in [6, 6.07) is 28.3. The lowest BCUT2D eigenvalue weighted by Gasteiger charge is -2.44. The van der Waals surface area contributed by atoms with E-state index < -0.39 is 34.1 Å². The number of nitrogens with zero attached hydrogens (tertiary/aromatic N) is 2. The van der Waals surface area contributed by atoms with Gasteiger partial charge in [-0.05, 0) is 102 Å². The average molecular weight is 738 g/mol. The zero-order chi connectivity index (χ0) is 37.2. The van der Waals surface area contributed by atoms with E-state index >= 15 is 0 Å². The van der Waals surface area contributed by atoms with Crippen molar-refractivity contribution >= 4 is 38.5 Å². The zero-order valence-corrected chi connectivity index (χ0v) is 30.0. The van der Waals surface area contributed by atoms with Crippen LogP contribution in [0.25, 0.3) is 10.8 Å². The maximum absolute atomic E-state index is 14.1. The van der Waals surface area contributed by atoms with Gasteiger partial charge in [-0.2, -0.15) is 8.42 Å². The van der Waals surface area contributed by atoms with Crippen molar-refractivity contribution in [1.82, 2.24) is 4.90 Å². The number of ether oxygens (including phenoxy) is 2. The quantitative estimate of drug-likeness (QED) is 0.119. The van der Waals surface area contributed by atoms with E-state index in [0.717, 1.165) is 34.9 Å². The molecule has 4 N–H and O–H groups in total. The smallest absolute Gasteiger partial charge is 0.339 e. The minimum absolute atomic E-state index is 0.0165. The molecule has 0 bridgehead atoms. The second-order valence-electron chi connectivity index (χ2n) is 13.9. The van der Waals surface area contributed by atoms with Gasteiger partial charge in [0.05, 0.1) is 25.7 Å². The van der Waals surface area contributed by atoms with Crippen molar-refractivity contribution < 1.29 is 41.3 Å². The van der Waals surface area contributed by atoms with Gasteiger partial charge in [0.1, 0.15) is 29.5 Å². The Morgan fingerprint density at radius 2 is 1.64 bits per heavy atom. The molecule has 3 atom stereocenters. The van der Waals surface area contributed by atoms with Gasteiger partial charge in [-0.3, -0.25) is 9.69 Å². The Balaban J connectivity index is 1.08. The predicted molar refractivity (Wildman–Crippen MR) is 199 cm³/mol. The van der Waals surface area contributed by atoms with Gasteiger partial charge in [0.2, 0.25) is 12.7 Å². The summed E-state index contributed by atoms with van der Waals surface area (Å²) in [5, 5.41) is 14.2. The molecule has 2 heterocycles. The Kier molecular flexibility index (Phi) is 9.97. The van der Waals surface area contributed by atoms with Crippen molar-refractivity contribution in [2.45, 2.75) is 42.8 Å². The number of urea groups is 1. The molecule has 2 aliphatic heterocycles. The first kappa shape index (κ1) is 35.8. The molecule has 1 saturated heterocycles. The minimum atomic E-state index is -4.14. The number of nitrogens with two attached hydrogens (primary N) is 1. The van der Waals surface area contributed by atoms with Crippen LogP contribution in [0.4, 0.5) is 10.5 Å². The molecule has 5 aromatic carbocycles. The van der Waals surface area contributed by atoms with E-state index in [-0.39, 0.29) is 29.6 Å². The molecule has 1 unspecified atom stereocenters. The van der Waals surface area contributed by atoms with Crippen molar-refractivity contribution in [3.63, 3.8) is 0 Å². The summed E-state index contributed by atoms with van der Waals surface area (Å²) in [7, 11) is -2.03. The number of piperidine rings is 1. The molecule has 1 fully saturated rings. The van der Waals surface area contributed by atoms with Crippen LogP contribution < -0.4 is 24.7 Å². The number of anilines is 1. The summed E-state index contributed by atoms with van der Waals surface area (Å²) in [6.45, 7) is 2.18. The van der Waals surface area contributed by atoms with Crippen LogP contribution in [0.5, 0.6) is 23.0 Å². The number of phenolic OH excluding ortho intramolecular Hbond substituents is 1. The van der Waals surface area contributed by atoms with Gasteiger partial charge >= 0.3 is 16.1 Å². The molecule has 7 rings (SSSR count). The van der Waals surface area contributed by atoms with Crippen molar-refractivity contribution in [3.05, 3.63) is 120 Å². The number of nitrogens with one attached hydrogen (secondary N) is 1. The molecule has 0 aromatic heterocycles. The van der Waals surface area contributed by atoms with Crippen LogP contribution >= 0.6 is 0 Å². The average Bonchev–Trinajstić information content (AvgIpc) is 3.61. The van der Waals surface area contributed by atoms with Crippen LogP contribution in [0.3, 0.4) is 0 Å². The number of likely N-dealkylation sites (tertiary alicyclic amines) is 1. The van der Waals surface area contributed by atoms with Crippen molar-refractivity contribution in [3.8, 4) is 23.0 Å². The van der Waals surface area contributed by atoms with Gasteiger partial charge in [0, 0.05) is 11.3 Å². The molecule has 0 aliphatic carbocycles. The number of hydrogen-bond donors (Lipinski definition) is 3. The van der Waals surface area contributed by atoms with Gasteiger partial charge in [0.25, 0.3) is 0 Å². The number of amides is 3. The Labute approximate surface area is 308 Å². The summed E-state index contributed by atoms with van der Waals surface area (Å²) in [5.74, 6) is 1.03. The summed E-state index contributed by atoms with van der Waals surface area (Å²) in [6.07, 6.45) is 1.53. The number of phenols is 1. The van der Waals surface area contributed by atoms with Crippen molar-refractivity contribution in [2.24, 2.45) is 5.73 Å². The largest absolute Gasteiger partial charge is 0.508 e. The molecular formula is C40H41N4O8S+. The molecular weight excluding hydrogens is 697 g/mol. The summed E-state index contributed by atoms with van der Waals surface area (Å²) >= 11 is 0. The highest BCUT2D eigenvalue weighted by atomic mass is 32.2. The van der Waals surface area contributed by atoms with E-state index in [0.29, 0.717) is 41.2 Å². The monoisotopic (exact) mass is 737 g/mol. The number of likely N-dealkylation sites (N-methyl/N-ethyl adjacent to an activating group) is 1. The Morgan fingerprint density at radius 3 is 2.42 bits per heavy atom. The van der Waals surface area contributed by atoms with Gasteiger partial charge in [0.15, 0.2) is 11.5 Å². The van der Waals surface area contributed by atoms with Gasteiger partial charge in [-0.1, -0.05) is 42.5 Å². The number of aromatic hydroxyl groups is 1. The molecule has 5 aromatic rings. The maximum atomic E-state index is 14.1. The number of hydrogen-bond acceptors (Lipinski definition) is 9. The molecule has 0 saturated carbocycles. The molecule has 0 spiro atoms. The number of carbonyl (C=O) groups is 2. The van der Waals surface area contributed by atoms with E-state index in [4.69, 9.17) is 19.4 Å². The third-order valence-corrected chi connectivity index (χ3v) is 11.0. The minimum Gasteiger partial charge on any atom is -0.508 e. The lowest BCUT2D eigenvalue weighted by atomic mass is 9.98. The van der Waals surface area contributed by atoms with E-state index in [1.165, 1.54) is 47.4 Å². The van der Waals surface area contributed by atoms with Crippen LogP contribution in [-0.4, -0.2) is 73.9 Å². The highest BCUT2D eigenvalue weighted by Gasteiger charge is 2.41. The molecule has 53 heavy (non-hydrogen) atoms. The third-order valence-electron chi connectivity index (χ3n) is 9.74. The van der Waals surface area contributed by atoms with Crippen LogP contribution in [0.2, 0.25) is 0 Å². The molecule has 274 valence electrons. The van der Waals surface area contributed by atoms with Crippen molar-refractivity contribution in [2.75, 3.05) is 32.2 Å². The van der Waals surface area contributed by atoms with E-state index in [1.54, 1.807) is 24.3 Å². The third kappa shape index (κ3) is 8.22. The number of benzene rings is 5. The first-order chi connectivity index (χ1) is 25.4. The molecule has 3 amide bonds. The Morgan fingerprint density at radius 1 is 0.925 bits per heavy atom. The summed E-state index contributed by atoms with van der Waals surface area (Å²) in [4.78, 5) is 29.5. The summed E-state index contributed by atoms with van der Waals surface area (Å²) < 4.78 is 43.3. The normalized spacial score (nSPS) is 18.6. The van der Waals surface area contributed by atoms with E-state index in [1.807, 2.05) is 42.5 Å². The predicted octanol–water partition coefficient (Wildman–Crippen LogP) is 5.78. The van der Waals surface area contributed by atoms with Gasteiger partial charge in [-0.25, -0.2) is 4.79 Å². The summed E-state index contributed by atoms with van der Waals surface area (Å²) in [5.41, 5.74) is 8.62. The standard InChI is InChI=1S/C40H40N4O8S/c1-44(24-28-10-19-37-38(22-28)51-26-50-37)20-4-7-32(25-44)43(39(46)36(41)21-27-8-14-33(45)15-9-27)40(47)42-31-12-16-34(17-13-31)52-53(48,49)35-18-11-29-5-2-3-6-30(29)23-35/h2-3,5-6,8-19,22-23,32,36H,4,7,20-21,24-26,41H2,1H3,(H-,42,45,47)/p+1/t32-,36-,44?/m0/s1. The second-order valence-corrected chi connectivity index (χ2v) is 15.4. The molecule has 12 nitrogen and oxygen atoms in total. The van der Waals surface area contributed by atoms with Crippen LogP contribution in [-0.2, 0) is 27.9 Å². The first-order valence-corrected chi connectivity index (χ1v) is 18.8. The lowest BCUT2D eigenvalue weighted by Crippen LogP contribution is -2.62. The maximum Gasteiger partial charge on any atom is 0.339 e. The van der Waals surface area contributed by atoms with E-state index in [2.05, 4.69) is 12.4 Å². The highest BCUT2D eigenvalue weighted by molar-refractivity contribution is 7.87. The van der Waals surface area contributed by atoms with Crippen molar-refractivity contribution in [1.29, 1.82) is 0 Å². The Bertz CT molecular complexity index is 2250. The van der Waals surface area contributed by atoms with Gasteiger partial charge in [-0.15, -0.1) is 0 Å². The Hall–Kier alpha value is -5.63. The molecule has 13 heteroatoms. The van der Waals surface area contributed by atoms with Crippen LogP contribution in [0.15, 0.2) is 114 Å². The zero-order valence-electron chi connectivity index (χ0n) is 29.2. The number of fused-ring (bicyclic) bond motifs is 2. The molecule has 0 radical (unpaired) electrons. The highest BCUT2D eigenvalue weighted by Crippen LogP contribution is 2.34. The fraction of sp³-hybridized carbons (Fsp3) is 0.250. The van der Waals surface area contributed by atoms with E-state index in [9.17, 15) is 23.1 Å².